The third-order valence-electron chi connectivity index (χ3n) is 9.13. The SMILES string of the molecule is C=C(C(=O)NCc1cccc([C@@H]2c3cnn(-c4ccccc4)c3N(CC)C(=O)[C@H]2NC(=O)c2nccc(C(F)(F)F)n2)c1)C(C)N1CCOCC1. The van der Waals surface area contributed by atoms with Crippen LogP contribution in [0.3, 0.4) is 0 Å². The molecule has 1 unspecified atom stereocenters. The molecule has 0 spiro atoms. The van der Waals surface area contributed by atoms with Crippen LogP contribution in [-0.4, -0.2) is 87.3 Å². The number of anilines is 1. The van der Waals surface area contributed by atoms with Crippen LogP contribution in [0.5, 0.6) is 0 Å². The fourth-order valence-electron chi connectivity index (χ4n) is 6.42. The van der Waals surface area contributed by atoms with Gasteiger partial charge in [0.2, 0.25) is 11.7 Å². The summed E-state index contributed by atoms with van der Waals surface area (Å²) in [7, 11) is 0. The zero-order valence-corrected chi connectivity index (χ0v) is 28.1. The Morgan fingerprint density at radius 3 is 2.53 bits per heavy atom. The van der Waals surface area contributed by atoms with E-state index in [2.05, 4.69) is 37.2 Å². The summed E-state index contributed by atoms with van der Waals surface area (Å²) in [6.45, 7) is 10.7. The van der Waals surface area contributed by atoms with Crippen molar-refractivity contribution >= 4 is 23.5 Å². The third kappa shape index (κ3) is 7.39. The number of hydrogen-bond acceptors (Lipinski definition) is 8. The fraction of sp³-hybridized carbons (Fsp3) is 0.333. The minimum atomic E-state index is -4.80. The summed E-state index contributed by atoms with van der Waals surface area (Å²) in [5.74, 6) is -2.91. The standard InChI is InChI=1S/C36H37F3N8O4/c1-4-46-34-27(21-42-47(34)26-11-6-5-7-12-26)29(30(35(46)50)44-33(49)31-40-14-13-28(43-31)36(37,38)39)25-10-8-9-24(19-25)20-41-32(48)22(2)23(3)45-15-17-51-18-16-45/h5-14,19,21,23,29-30H,2,4,15-18,20H2,1,3H3,(H,41,48)(H,44,49)/t23?,29-,30+/m1/s1. The van der Waals surface area contributed by atoms with E-state index in [1.807, 2.05) is 49.4 Å². The summed E-state index contributed by atoms with van der Waals surface area (Å²) in [6.07, 6.45) is -2.34. The molecule has 6 rings (SSSR count). The molecule has 12 nitrogen and oxygen atoms in total. The zero-order chi connectivity index (χ0) is 36.3. The van der Waals surface area contributed by atoms with Crippen LogP contribution in [0.2, 0.25) is 0 Å². The quantitative estimate of drug-likeness (QED) is 0.238. The van der Waals surface area contributed by atoms with Gasteiger partial charge in [0, 0.05) is 55.5 Å². The van der Waals surface area contributed by atoms with E-state index in [9.17, 15) is 27.6 Å². The van der Waals surface area contributed by atoms with Crippen molar-refractivity contribution in [2.24, 2.45) is 0 Å². The number of amides is 3. The van der Waals surface area contributed by atoms with E-state index in [0.29, 0.717) is 66.1 Å². The molecule has 1 fully saturated rings. The largest absolute Gasteiger partial charge is 0.433 e. The highest BCUT2D eigenvalue weighted by molar-refractivity contribution is 6.04. The minimum Gasteiger partial charge on any atom is -0.379 e. The molecule has 51 heavy (non-hydrogen) atoms. The molecule has 2 N–H and O–H groups in total. The molecular formula is C36H37F3N8O4. The Morgan fingerprint density at radius 1 is 1.08 bits per heavy atom. The van der Waals surface area contributed by atoms with Crippen molar-refractivity contribution < 1.29 is 32.3 Å². The first-order valence-corrected chi connectivity index (χ1v) is 16.5. The maximum Gasteiger partial charge on any atom is 0.433 e. The minimum absolute atomic E-state index is 0.147. The number of ether oxygens (including phenoxy) is 1. The number of benzene rings is 2. The van der Waals surface area contributed by atoms with Crippen LogP contribution in [0.15, 0.2) is 85.2 Å². The molecule has 0 aliphatic carbocycles. The number of carbonyl (C=O) groups is 3. The van der Waals surface area contributed by atoms with Gasteiger partial charge in [-0.2, -0.15) is 18.3 Å². The van der Waals surface area contributed by atoms with Gasteiger partial charge in [-0.15, -0.1) is 0 Å². The van der Waals surface area contributed by atoms with E-state index >= 15 is 0 Å². The Morgan fingerprint density at radius 2 is 1.82 bits per heavy atom. The van der Waals surface area contributed by atoms with Crippen LogP contribution in [-0.2, 0) is 27.0 Å². The van der Waals surface area contributed by atoms with Gasteiger partial charge < -0.3 is 15.4 Å². The van der Waals surface area contributed by atoms with Crippen molar-refractivity contribution in [1.29, 1.82) is 0 Å². The van der Waals surface area contributed by atoms with E-state index in [0.717, 1.165) is 6.20 Å². The molecule has 3 amide bonds. The Labute approximate surface area is 292 Å². The molecule has 3 atom stereocenters. The number of aromatic nitrogens is 4. The molecule has 1 saturated heterocycles. The first kappa shape index (κ1) is 35.4. The van der Waals surface area contributed by atoms with Crippen molar-refractivity contribution in [2.45, 2.75) is 44.6 Å². The summed E-state index contributed by atoms with van der Waals surface area (Å²) < 4.78 is 47.3. The highest BCUT2D eigenvalue weighted by Gasteiger charge is 2.45. The van der Waals surface area contributed by atoms with Crippen LogP contribution in [0.4, 0.5) is 19.0 Å². The molecule has 0 radical (unpaired) electrons. The van der Waals surface area contributed by atoms with E-state index < -0.39 is 41.5 Å². The normalized spacial score (nSPS) is 18.5. The predicted molar refractivity (Wildman–Crippen MR) is 181 cm³/mol. The highest BCUT2D eigenvalue weighted by atomic mass is 19.4. The van der Waals surface area contributed by atoms with Crippen molar-refractivity contribution in [3.05, 3.63) is 113 Å². The fourth-order valence-corrected chi connectivity index (χ4v) is 6.42. The van der Waals surface area contributed by atoms with Gasteiger partial charge in [0.05, 0.1) is 25.1 Å². The third-order valence-corrected chi connectivity index (χ3v) is 9.13. The van der Waals surface area contributed by atoms with Crippen LogP contribution in [0.1, 0.15) is 52.8 Å². The molecule has 0 saturated carbocycles. The zero-order valence-electron chi connectivity index (χ0n) is 28.1. The van der Waals surface area contributed by atoms with Crippen molar-refractivity contribution in [2.75, 3.05) is 37.7 Å². The summed E-state index contributed by atoms with van der Waals surface area (Å²) >= 11 is 0. The van der Waals surface area contributed by atoms with Crippen LogP contribution in [0.25, 0.3) is 5.69 Å². The van der Waals surface area contributed by atoms with Gasteiger partial charge >= 0.3 is 6.18 Å². The number of rotatable bonds is 10. The number of para-hydroxylation sites is 1. The topological polar surface area (TPSA) is 135 Å². The number of morpholine rings is 1. The molecule has 2 aliphatic rings. The first-order valence-electron chi connectivity index (χ1n) is 16.5. The lowest BCUT2D eigenvalue weighted by atomic mass is 9.82. The number of carbonyl (C=O) groups excluding carboxylic acids is 3. The molecule has 2 aromatic carbocycles. The van der Waals surface area contributed by atoms with Crippen LogP contribution in [0, 0.1) is 0 Å². The summed E-state index contributed by atoms with van der Waals surface area (Å²) in [6, 6.07) is 15.6. The summed E-state index contributed by atoms with van der Waals surface area (Å²) in [5, 5.41) is 10.2. The van der Waals surface area contributed by atoms with Crippen LogP contribution >= 0.6 is 0 Å². The second-order valence-corrected chi connectivity index (χ2v) is 12.2. The number of nitrogens with one attached hydrogen (secondary N) is 2. The lowest BCUT2D eigenvalue weighted by molar-refractivity contribution is -0.141. The second-order valence-electron chi connectivity index (χ2n) is 12.2. The Balaban J connectivity index is 1.33. The first-order chi connectivity index (χ1) is 24.5. The predicted octanol–water partition coefficient (Wildman–Crippen LogP) is 3.87. The molecule has 4 heterocycles. The highest BCUT2D eigenvalue weighted by Crippen LogP contribution is 2.41. The van der Waals surface area contributed by atoms with Crippen molar-refractivity contribution in [3.63, 3.8) is 0 Å². The Hall–Kier alpha value is -5.41. The molecule has 266 valence electrons. The Kier molecular flexibility index (Phi) is 10.3. The van der Waals surface area contributed by atoms with E-state index in [1.54, 1.807) is 29.9 Å². The lowest BCUT2D eigenvalue weighted by Gasteiger charge is -2.38. The Bertz CT molecular complexity index is 1930. The van der Waals surface area contributed by atoms with E-state index in [4.69, 9.17) is 4.74 Å². The van der Waals surface area contributed by atoms with Gasteiger partial charge in [-0.3, -0.25) is 24.2 Å². The van der Waals surface area contributed by atoms with Gasteiger partial charge in [0.25, 0.3) is 11.8 Å². The number of halogens is 3. The number of hydrogen-bond donors (Lipinski definition) is 2. The van der Waals surface area contributed by atoms with Gasteiger partial charge in [0.1, 0.15) is 17.6 Å². The maximum absolute atomic E-state index is 14.3. The average molecular weight is 703 g/mol. The number of likely N-dealkylation sites (N-methyl/N-ethyl adjacent to an activating group) is 1. The molecular weight excluding hydrogens is 665 g/mol. The molecule has 2 aliphatic heterocycles. The molecule has 15 heteroatoms. The number of nitrogens with zero attached hydrogens (tertiary/aromatic N) is 6. The monoisotopic (exact) mass is 702 g/mol. The van der Waals surface area contributed by atoms with Gasteiger partial charge in [-0.25, -0.2) is 14.6 Å². The van der Waals surface area contributed by atoms with Crippen molar-refractivity contribution in [1.82, 2.24) is 35.3 Å². The second kappa shape index (κ2) is 14.8. The maximum atomic E-state index is 14.3. The van der Waals surface area contributed by atoms with E-state index in [1.165, 1.54) is 4.90 Å². The molecule has 0 bridgehead atoms. The molecule has 2 aromatic heterocycles. The van der Waals surface area contributed by atoms with Crippen molar-refractivity contribution in [3.8, 4) is 5.69 Å². The van der Waals surface area contributed by atoms with Crippen LogP contribution < -0.4 is 15.5 Å². The van der Waals surface area contributed by atoms with Gasteiger partial charge in [0.15, 0.2) is 0 Å². The summed E-state index contributed by atoms with van der Waals surface area (Å²) in [5.41, 5.74) is 1.75. The van der Waals surface area contributed by atoms with Gasteiger partial charge in [-0.1, -0.05) is 49.0 Å². The van der Waals surface area contributed by atoms with Gasteiger partial charge in [-0.05, 0) is 43.2 Å². The smallest absolute Gasteiger partial charge is 0.379 e. The number of alkyl halides is 3. The number of fused-ring (bicyclic) bond motifs is 1. The lowest BCUT2D eigenvalue weighted by Crippen LogP contribution is -2.55. The molecule has 4 aromatic rings. The summed E-state index contributed by atoms with van der Waals surface area (Å²) in [4.78, 5) is 51.7. The van der Waals surface area contributed by atoms with E-state index in [-0.39, 0.29) is 25.0 Å². The average Bonchev–Trinajstić information content (AvgIpc) is 3.58.